The molecule has 0 bridgehead atoms. The van der Waals surface area contributed by atoms with E-state index in [0.29, 0.717) is 19.5 Å². The molecule has 0 N–H and O–H groups in total. The van der Waals surface area contributed by atoms with E-state index in [1.165, 1.54) is 0 Å². The van der Waals surface area contributed by atoms with Crippen LogP contribution >= 0.6 is 15.9 Å². The first-order chi connectivity index (χ1) is 12.2. The van der Waals surface area contributed by atoms with Crippen LogP contribution in [0.5, 0.6) is 5.75 Å². The Morgan fingerprint density at radius 2 is 2.04 bits per heavy atom. The Balaban J connectivity index is 1.94. The summed E-state index contributed by atoms with van der Waals surface area (Å²) in [6.07, 6.45) is 0.394. The molecule has 2 aromatic rings. The molecule has 0 saturated carbocycles. The molecule has 0 aliphatic carbocycles. The lowest BCUT2D eigenvalue weighted by atomic mass is 10.1. The molecule has 26 heavy (non-hydrogen) atoms. The van der Waals surface area contributed by atoms with E-state index >= 15 is 0 Å². The molecule has 6 nitrogen and oxygen atoms in total. The number of carbonyl (C=O) groups is 1. The molecule has 0 saturated heterocycles. The number of halogens is 1. The Labute approximate surface area is 162 Å². The smallest absolute Gasteiger partial charge is 0.410 e. The minimum Gasteiger partial charge on any atom is -0.494 e. The van der Waals surface area contributed by atoms with Gasteiger partial charge >= 0.3 is 6.09 Å². The number of carbonyl (C=O) groups excluding carboxylic acids is 1. The highest BCUT2D eigenvalue weighted by atomic mass is 79.9. The summed E-state index contributed by atoms with van der Waals surface area (Å²) in [6, 6.07) is 5.90. The zero-order valence-corrected chi connectivity index (χ0v) is 17.4. The third-order valence-corrected chi connectivity index (χ3v) is 5.07. The maximum atomic E-state index is 12.4. The van der Waals surface area contributed by atoms with Crippen molar-refractivity contribution in [2.45, 2.75) is 46.3 Å². The highest BCUT2D eigenvalue weighted by Gasteiger charge is 2.30. The highest BCUT2D eigenvalue weighted by Crippen LogP contribution is 2.34. The molecule has 2 heterocycles. The van der Waals surface area contributed by atoms with Gasteiger partial charge in [0.15, 0.2) is 0 Å². The Bertz CT molecular complexity index is 839. The number of para-hydroxylation sites is 1. The van der Waals surface area contributed by atoms with Crippen LogP contribution in [0.3, 0.4) is 0 Å². The summed E-state index contributed by atoms with van der Waals surface area (Å²) in [5.41, 5.74) is 3.45. The van der Waals surface area contributed by atoms with E-state index in [4.69, 9.17) is 14.6 Å². The standard InChI is InChI=1S/C19H24BrN3O3/c1-12-7-6-8-15(25-5)16(12)23-17(20)13-11-22(10-9-14(13)21-23)18(24)26-19(2,3)4/h6-8H,9-11H2,1-5H3. The molecular formula is C19H24BrN3O3. The Morgan fingerprint density at radius 1 is 1.31 bits per heavy atom. The predicted molar refractivity (Wildman–Crippen MR) is 103 cm³/mol. The summed E-state index contributed by atoms with van der Waals surface area (Å²) in [5.74, 6) is 0.759. The number of fused-ring (bicyclic) bond motifs is 1. The van der Waals surface area contributed by atoms with Gasteiger partial charge < -0.3 is 14.4 Å². The average molecular weight is 422 g/mol. The van der Waals surface area contributed by atoms with Crippen molar-refractivity contribution in [1.29, 1.82) is 0 Å². The van der Waals surface area contributed by atoms with Gasteiger partial charge in [-0.3, -0.25) is 0 Å². The summed E-state index contributed by atoms with van der Waals surface area (Å²) >= 11 is 3.68. The lowest BCUT2D eigenvalue weighted by molar-refractivity contribution is 0.0223. The van der Waals surface area contributed by atoms with Crippen LogP contribution in [0.15, 0.2) is 22.8 Å². The molecule has 1 amide bonds. The highest BCUT2D eigenvalue weighted by molar-refractivity contribution is 9.10. The summed E-state index contributed by atoms with van der Waals surface area (Å²) < 4.78 is 13.7. The van der Waals surface area contributed by atoms with Gasteiger partial charge in [0.25, 0.3) is 0 Å². The number of hydrogen-bond donors (Lipinski definition) is 0. The minimum absolute atomic E-state index is 0.295. The second-order valence-electron chi connectivity index (χ2n) is 7.41. The van der Waals surface area contributed by atoms with Crippen molar-refractivity contribution in [3.8, 4) is 11.4 Å². The average Bonchev–Trinajstić information content (AvgIpc) is 2.89. The predicted octanol–water partition coefficient (Wildman–Crippen LogP) is 4.25. The molecule has 0 spiro atoms. The number of aryl methyl sites for hydroxylation is 1. The zero-order chi connectivity index (χ0) is 19.1. The van der Waals surface area contributed by atoms with E-state index in [-0.39, 0.29) is 6.09 Å². The molecule has 3 rings (SSSR count). The van der Waals surface area contributed by atoms with E-state index < -0.39 is 5.60 Å². The number of hydrogen-bond acceptors (Lipinski definition) is 4. The topological polar surface area (TPSA) is 56.6 Å². The van der Waals surface area contributed by atoms with Gasteiger partial charge in [0.2, 0.25) is 0 Å². The first kappa shape index (κ1) is 18.8. The van der Waals surface area contributed by atoms with E-state index in [9.17, 15) is 4.79 Å². The van der Waals surface area contributed by atoms with Crippen LogP contribution in [0.1, 0.15) is 37.6 Å². The first-order valence-corrected chi connectivity index (χ1v) is 9.38. The number of nitrogens with zero attached hydrogens (tertiary/aromatic N) is 3. The fourth-order valence-electron chi connectivity index (χ4n) is 3.04. The van der Waals surface area contributed by atoms with Gasteiger partial charge in [-0.25, -0.2) is 9.48 Å². The molecule has 0 radical (unpaired) electrons. The van der Waals surface area contributed by atoms with E-state index in [1.807, 2.05) is 50.6 Å². The summed E-state index contributed by atoms with van der Waals surface area (Å²) in [4.78, 5) is 14.1. The van der Waals surface area contributed by atoms with E-state index in [2.05, 4.69) is 15.9 Å². The second-order valence-corrected chi connectivity index (χ2v) is 8.16. The van der Waals surface area contributed by atoms with Crippen molar-refractivity contribution in [1.82, 2.24) is 14.7 Å². The zero-order valence-electron chi connectivity index (χ0n) is 15.8. The fraction of sp³-hybridized carbons (Fsp3) is 0.474. The van der Waals surface area contributed by atoms with Crippen LogP contribution < -0.4 is 4.74 Å². The number of benzene rings is 1. The van der Waals surface area contributed by atoms with E-state index in [1.54, 1.807) is 12.0 Å². The summed E-state index contributed by atoms with van der Waals surface area (Å²) in [6.45, 7) is 8.71. The van der Waals surface area contributed by atoms with Gasteiger partial charge in [0.1, 0.15) is 21.6 Å². The lowest BCUT2D eigenvalue weighted by Crippen LogP contribution is -2.39. The molecule has 0 unspecified atom stereocenters. The van der Waals surface area contributed by atoms with Gasteiger partial charge in [-0.05, 0) is 55.3 Å². The third kappa shape index (κ3) is 3.58. The lowest BCUT2D eigenvalue weighted by Gasteiger charge is -2.29. The van der Waals surface area contributed by atoms with Crippen molar-refractivity contribution in [2.24, 2.45) is 0 Å². The third-order valence-electron chi connectivity index (χ3n) is 4.26. The van der Waals surface area contributed by atoms with Crippen LogP contribution in [0.25, 0.3) is 5.69 Å². The fourth-order valence-corrected chi connectivity index (χ4v) is 3.65. The van der Waals surface area contributed by atoms with Crippen LogP contribution in [-0.2, 0) is 17.7 Å². The van der Waals surface area contributed by atoms with Gasteiger partial charge in [-0.15, -0.1) is 0 Å². The van der Waals surface area contributed by atoms with Crippen molar-refractivity contribution in [3.05, 3.63) is 39.6 Å². The number of rotatable bonds is 2. The molecule has 1 aromatic heterocycles. The molecule has 0 fully saturated rings. The number of amides is 1. The van der Waals surface area contributed by atoms with Crippen LogP contribution in [0.2, 0.25) is 0 Å². The monoisotopic (exact) mass is 421 g/mol. The molecule has 140 valence electrons. The SMILES string of the molecule is COc1cccc(C)c1-n1nc2c(c1Br)CN(C(=O)OC(C)(C)C)CC2. The Morgan fingerprint density at radius 3 is 2.69 bits per heavy atom. The quantitative estimate of drug-likeness (QED) is 0.727. The summed E-state index contributed by atoms with van der Waals surface area (Å²) in [5, 5.41) is 4.77. The van der Waals surface area contributed by atoms with Crippen LogP contribution in [0, 0.1) is 6.92 Å². The van der Waals surface area contributed by atoms with Gasteiger partial charge in [-0.1, -0.05) is 12.1 Å². The number of ether oxygens (including phenoxy) is 2. The number of aromatic nitrogens is 2. The minimum atomic E-state index is -0.507. The van der Waals surface area contributed by atoms with Crippen LogP contribution in [-0.4, -0.2) is 40.0 Å². The Hall–Kier alpha value is -2.02. The normalized spacial score (nSPS) is 14.2. The molecular weight excluding hydrogens is 398 g/mol. The van der Waals surface area contributed by atoms with Crippen LogP contribution in [0.4, 0.5) is 4.79 Å². The van der Waals surface area contributed by atoms with Crippen molar-refractivity contribution >= 4 is 22.0 Å². The second kappa shape index (κ2) is 6.95. The van der Waals surface area contributed by atoms with Gasteiger partial charge in [-0.2, -0.15) is 5.10 Å². The van der Waals surface area contributed by atoms with Crippen molar-refractivity contribution in [3.63, 3.8) is 0 Å². The maximum absolute atomic E-state index is 12.4. The summed E-state index contributed by atoms with van der Waals surface area (Å²) in [7, 11) is 1.65. The molecule has 0 atom stereocenters. The van der Waals surface area contributed by atoms with Gasteiger partial charge in [0, 0.05) is 18.5 Å². The van der Waals surface area contributed by atoms with E-state index in [0.717, 1.165) is 32.9 Å². The molecule has 7 heteroatoms. The first-order valence-electron chi connectivity index (χ1n) is 8.59. The maximum Gasteiger partial charge on any atom is 0.410 e. The van der Waals surface area contributed by atoms with Crippen molar-refractivity contribution in [2.75, 3.05) is 13.7 Å². The number of methoxy groups -OCH3 is 1. The van der Waals surface area contributed by atoms with Gasteiger partial charge in [0.05, 0.1) is 19.3 Å². The Kier molecular flexibility index (Phi) is 5.01. The molecule has 1 aromatic carbocycles. The van der Waals surface area contributed by atoms with Crippen molar-refractivity contribution < 1.29 is 14.3 Å². The largest absolute Gasteiger partial charge is 0.494 e. The molecule has 1 aliphatic rings. The molecule has 1 aliphatic heterocycles.